The minimum Gasteiger partial charge on any atom is -0.457 e. The van der Waals surface area contributed by atoms with Crippen LogP contribution in [0.3, 0.4) is 0 Å². The van der Waals surface area contributed by atoms with Crippen LogP contribution in [-0.4, -0.2) is 10.2 Å². The Morgan fingerprint density at radius 3 is 2.19 bits per heavy atom. The summed E-state index contributed by atoms with van der Waals surface area (Å²) in [6, 6.07) is 9.85. The number of para-hydroxylation sites is 1. The molecule has 2 aromatic rings. The highest BCUT2D eigenvalue weighted by molar-refractivity contribution is 5.41. The molecule has 2 aromatic carbocycles. The number of halogens is 3. The fraction of sp³-hybridized carbons (Fsp3) is 0.200. The molecule has 0 amide bonds. The Morgan fingerprint density at radius 2 is 1.57 bits per heavy atom. The first-order valence-electron chi connectivity index (χ1n) is 6.13. The largest absolute Gasteiger partial charge is 0.457 e. The number of aliphatic hydroxyl groups excluding tert-OH is 2. The highest BCUT2D eigenvalue weighted by atomic mass is 19.4. The van der Waals surface area contributed by atoms with Gasteiger partial charge >= 0.3 is 6.18 Å². The van der Waals surface area contributed by atoms with E-state index in [9.17, 15) is 13.2 Å². The molecule has 3 nitrogen and oxygen atoms in total. The van der Waals surface area contributed by atoms with Crippen molar-refractivity contribution in [2.75, 3.05) is 0 Å². The van der Waals surface area contributed by atoms with Gasteiger partial charge in [0, 0.05) is 5.56 Å². The summed E-state index contributed by atoms with van der Waals surface area (Å²) in [5.41, 5.74) is -0.688. The van der Waals surface area contributed by atoms with Crippen molar-refractivity contribution in [2.24, 2.45) is 0 Å². The molecule has 0 saturated heterocycles. The second-order valence-electron chi connectivity index (χ2n) is 4.34. The van der Waals surface area contributed by atoms with Crippen LogP contribution in [0.25, 0.3) is 0 Å². The predicted octanol–water partition coefficient (Wildman–Crippen LogP) is 3.48. The van der Waals surface area contributed by atoms with E-state index in [1.54, 1.807) is 24.3 Å². The molecule has 0 unspecified atom stereocenters. The van der Waals surface area contributed by atoms with Gasteiger partial charge in [0.25, 0.3) is 0 Å². The van der Waals surface area contributed by atoms with Gasteiger partial charge in [-0.25, -0.2) is 0 Å². The zero-order chi connectivity index (χ0) is 15.5. The van der Waals surface area contributed by atoms with E-state index in [4.69, 9.17) is 14.9 Å². The standard InChI is InChI=1S/C15H13F3O3/c16-15(17,18)13-7-12(6-5-10(13)8-19)21-14-4-2-1-3-11(14)9-20/h1-7,19-20H,8-9H2. The van der Waals surface area contributed by atoms with Crippen LogP contribution in [0.4, 0.5) is 13.2 Å². The first kappa shape index (κ1) is 15.3. The average Bonchev–Trinajstić information content (AvgIpc) is 2.47. The Kier molecular flexibility index (Phi) is 4.50. The van der Waals surface area contributed by atoms with E-state index in [2.05, 4.69) is 0 Å². The van der Waals surface area contributed by atoms with E-state index in [1.807, 2.05) is 0 Å². The lowest BCUT2D eigenvalue weighted by molar-refractivity contribution is -0.138. The number of hydrogen-bond donors (Lipinski definition) is 2. The van der Waals surface area contributed by atoms with Crippen molar-refractivity contribution in [2.45, 2.75) is 19.4 Å². The highest BCUT2D eigenvalue weighted by Crippen LogP contribution is 2.36. The number of ether oxygens (including phenoxy) is 1. The van der Waals surface area contributed by atoms with Gasteiger partial charge in [-0.05, 0) is 23.8 Å². The van der Waals surface area contributed by atoms with Gasteiger partial charge < -0.3 is 14.9 Å². The second-order valence-corrected chi connectivity index (χ2v) is 4.34. The summed E-state index contributed by atoms with van der Waals surface area (Å²) in [6.07, 6.45) is -4.58. The lowest BCUT2D eigenvalue weighted by Crippen LogP contribution is -2.09. The van der Waals surface area contributed by atoms with Crippen molar-refractivity contribution in [3.8, 4) is 11.5 Å². The zero-order valence-corrected chi connectivity index (χ0v) is 10.9. The van der Waals surface area contributed by atoms with Gasteiger partial charge in [-0.15, -0.1) is 0 Å². The minimum absolute atomic E-state index is 0.0135. The number of rotatable bonds is 4. The van der Waals surface area contributed by atoms with Crippen LogP contribution in [0.2, 0.25) is 0 Å². The Bertz CT molecular complexity index is 624. The average molecular weight is 298 g/mol. The Balaban J connectivity index is 2.37. The maximum Gasteiger partial charge on any atom is 0.416 e. The molecule has 0 bridgehead atoms. The number of alkyl halides is 3. The summed E-state index contributed by atoms with van der Waals surface area (Å²) >= 11 is 0. The molecule has 6 heteroatoms. The Hall–Kier alpha value is -2.05. The third-order valence-corrected chi connectivity index (χ3v) is 2.93. The van der Waals surface area contributed by atoms with Crippen molar-refractivity contribution < 1.29 is 28.1 Å². The van der Waals surface area contributed by atoms with Crippen molar-refractivity contribution in [1.82, 2.24) is 0 Å². The van der Waals surface area contributed by atoms with Gasteiger partial charge in [0.1, 0.15) is 11.5 Å². The summed E-state index contributed by atoms with van der Waals surface area (Å²) in [5, 5.41) is 18.1. The summed E-state index contributed by atoms with van der Waals surface area (Å²) < 4.78 is 44.1. The van der Waals surface area contributed by atoms with Gasteiger partial charge in [0.15, 0.2) is 0 Å². The summed E-state index contributed by atoms with van der Waals surface area (Å²) in [7, 11) is 0. The Morgan fingerprint density at radius 1 is 0.905 bits per heavy atom. The maximum atomic E-state index is 12.9. The van der Waals surface area contributed by atoms with E-state index in [0.29, 0.717) is 5.56 Å². The Labute approximate surface area is 119 Å². The first-order valence-corrected chi connectivity index (χ1v) is 6.13. The van der Waals surface area contributed by atoms with Gasteiger partial charge in [-0.2, -0.15) is 13.2 Å². The topological polar surface area (TPSA) is 49.7 Å². The van der Waals surface area contributed by atoms with Crippen LogP contribution in [0.1, 0.15) is 16.7 Å². The van der Waals surface area contributed by atoms with Crippen molar-refractivity contribution in [3.63, 3.8) is 0 Å². The molecule has 2 rings (SSSR count). The van der Waals surface area contributed by atoms with E-state index in [0.717, 1.165) is 6.07 Å². The summed E-state index contributed by atoms with van der Waals surface area (Å²) in [5.74, 6) is 0.269. The molecule has 0 aromatic heterocycles. The smallest absolute Gasteiger partial charge is 0.416 e. The monoisotopic (exact) mass is 298 g/mol. The molecular weight excluding hydrogens is 285 g/mol. The third-order valence-electron chi connectivity index (χ3n) is 2.93. The molecule has 0 saturated carbocycles. The van der Waals surface area contributed by atoms with Crippen LogP contribution in [-0.2, 0) is 19.4 Å². The SMILES string of the molecule is OCc1ccccc1Oc1ccc(CO)c(C(F)(F)F)c1. The minimum atomic E-state index is -4.58. The van der Waals surface area contributed by atoms with E-state index < -0.39 is 18.3 Å². The van der Waals surface area contributed by atoms with Crippen LogP contribution < -0.4 is 4.74 Å². The lowest BCUT2D eigenvalue weighted by atomic mass is 10.1. The quantitative estimate of drug-likeness (QED) is 0.908. The highest BCUT2D eigenvalue weighted by Gasteiger charge is 2.33. The maximum absolute atomic E-state index is 12.9. The van der Waals surface area contributed by atoms with Crippen LogP contribution in [0.5, 0.6) is 11.5 Å². The third kappa shape index (κ3) is 3.53. The fourth-order valence-electron chi connectivity index (χ4n) is 1.88. The van der Waals surface area contributed by atoms with E-state index in [-0.39, 0.29) is 23.7 Å². The molecule has 0 heterocycles. The molecule has 0 aliphatic heterocycles. The van der Waals surface area contributed by atoms with Gasteiger partial charge in [0.05, 0.1) is 18.8 Å². The molecule has 112 valence electrons. The molecule has 21 heavy (non-hydrogen) atoms. The number of aliphatic hydroxyl groups is 2. The first-order chi connectivity index (χ1) is 9.95. The normalized spacial score (nSPS) is 11.5. The van der Waals surface area contributed by atoms with Gasteiger partial charge in [-0.3, -0.25) is 0 Å². The van der Waals surface area contributed by atoms with Gasteiger partial charge in [-0.1, -0.05) is 24.3 Å². The summed E-state index contributed by atoms with van der Waals surface area (Å²) in [4.78, 5) is 0. The van der Waals surface area contributed by atoms with E-state index >= 15 is 0 Å². The van der Waals surface area contributed by atoms with Crippen molar-refractivity contribution in [3.05, 3.63) is 59.2 Å². The molecule has 2 N–H and O–H groups in total. The van der Waals surface area contributed by atoms with Crippen LogP contribution >= 0.6 is 0 Å². The molecule has 0 fully saturated rings. The van der Waals surface area contributed by atoms with Gasteiger partial charge in [0.2, 0.25) is 0 Å². The predicted molar refractivity (Wildman–Crippen MR) is 69.8 cm³/mol. The molecular formula is C15H13F3O3. The molecule has 0 spiro atoms. The lowest BCUT2D eigenvalue weighted by Gasteiger charge is -2.14. The van der Waals surface area contributed by atoms with Crippen LogP contribution in [0, 0.1) is 0 Å². The molecule has 0 atom stereocenters. The molecule has 0 radical (unpaired) electrons. The fourth-order valence-corrected chi connectivity index (χ4v) is 1.88. The second kappa shape index (κ2) is 6.15. The van der Waals surface area contributed by atoms with Crippen molar-refractivity contribution in [1.29, 1.82) is 0 Å². The van der Waals surface area contributed by atoms with E-state index in [1.165, 1.54) is 12.1 Å². The van der Waals surface area contributed by atoms with Crippen molar-refractivity contribution >= 4 is 0 Å². The molecule has 0 aliphatic rings. The number of hydrogen-bond acceptors (Lipinski definition) is 3. The summed E-state index contributed by atoms with van der Waals surface area (Å²) in [6.45, 7) is -0.987. The number of benzene rings is 2. The van der Waals surface area contributed by atoms with Crippen LogP contribution in [0.15, 0.2) is 42.5 Å². The zero-order valence-electron chi connectivity index (χ0n) is 10.9. The molecule has 0 aliphatic carbocycles.